The molecule has 0 spiro atoms. The van der Waals surface area contributed by atoms with Crippen LogP contribution < -0.4 is 15.8 Å². The number of hydrogen-bond donors (Lipinski definition) is 2. The molecule has 0 unspecified atom stereocenters. The number of rotatable bonds is 5. The van der Waals surface area contributed by atoms with Crippen molar-refractivity contribution in [2.45, 2.75) is 6.92 Å². The summed E-state index contributed by atoms with van der Waals surface area (Å²) in [5.74, 6) is 0.450. The molecule has 2 aromatic rings. The minimum Gasteiger partial charge on any atom is -0.492 e. The Balaban J connectivity index is 2.07. The van der Waals surface area contributed by atoms with Crippen molar-refractivity contribution in [3.63, 3.8) is 0 Å². The Labute approximate surface area is 114 Å². The predicted molar refractivity (Wildman–Crippen MR) is 73.6 cm³/mol. The van der Waals surface area contributed by atoms with Crippen LogP contribution in [0.25, 0.3) is 0 Å². The SMILES string of the molecule is Cc1nnsc1C(=O)Nc1cccc(OCCN)c1. The van der Waals surface area contributed by atoms with Gasteiger partial charge >= 0.3 is 0 Å². The van der Waals surface area contributed by atoms with Crippen LogP contribution in [-0.4, -0.2) is 28.6 Å². The number of amides is 1. The lowest BCUT2D eigenvalue weighted by Gasteiger charge is -2.07. The van der Waals surface area contributed by atoms with E-state index in [9.17, 15) is 4.79 Å². The molecule has 0 aliphatic heterocycles. The van der Waals surface area contributed by atoms with Crippen LogP contribution in [0.4, 0.5) is 5.69 Å². The average Bonchev–Trinajstić information content (AvgIpc) is 2.83. The van der Waals surface area contributed by atoms with Crippen molar-refractivity contribution in [1.82, 2.24) is 9.59 Å². The molecule has 0 saturated heterocycles. The molecular weight excluding hydrogens is 264 g/mol. The number of nitrogens with two attached hydrogens (primary N) is 1. The van der Waals surface area contributed by atoms with E-state index in [2.05, 4.69) is 14.9 Å². The molecule has 100 valence electrons. The highest BCUT2D eigenvalue weighted by Crippen LogP contribution is 2.19. The van der Waals surface area contributed by atoms with Crippen LogP contribution in [-0.2, 0) is 0 Å². The molecule has 1 amide bonds. The summed E-state index contributed by atoms with van der Waals surface area (Å²) in [7, 11) is 0. The van der Waals surface area contributed by atoms with Crippen LogP contribution in [0.5, 0.6) is 5.75 Å². The third-order valence-electron chi connectivity index (χ3n) is 2.34. The molecule has 6 nitrogen and oxygen atoms in total. The Hall–Kier alpha value is -1.99. The van der Waals surface area contributed by atoms with E-state index in [1.807, 2.05) is 6.07 Å². The van der Waals surface area contributed by atoms with Gasteiger partial charge in [0, 0.05) is 18.3 Å². The van der Waals surface area contributed by atoms with Gasteiger partial charge in [-0.1, -0.05) is 10.6 Å². The molecule has 19 heavy (non-hydrogen) atoms. The van der Waals surface area contributed by atoms with Gasteiger partial charge in [-0.15, -0.1) is 5.10 Å². The normalized spacial score (nSPS) is 10.2. The Bertz CT molecular complexity index is 570. The van der Waals surface area contributed by atoms with Gasteiger partial charge < -0.3 is 15.8 Å². The first-order chi connectivity index (χ1) is 9.20. The molecule has 0 saturated carbocycles. The van der Waals surface area contributed by atoms with Gasteiger partial charge in [-0.3, -0.25) is 4.79 Å². The molecule has 1 aromatic heterocycles. The van der Waals surface area contributed by atoms with Crippen LogP contribution in [0.1, 0.15) is 15.4 Å². The number of ether oxygens (including phenoxy) is 1. The second-order valence-electron chi connectivity index (χ2n) is 3.81. The number of hydrogen-bond acceptors (Lipinski definition) is 6. The van der Waals surface area contributed by atoms with Crippen molar-refractivity contribution < 1.29 is 9.53 Å². The highest BCUT2D eigenvalue weighted by molar-refractivity contribution is 7.08. The molecule has 1 heterocycles. The Morgan fingerprint density at radius 1 is 1.53 bits per heavy atom. The zero-order valence-electron chi connectivity index (χ0n) is 10.4. The highest BCUT2D eigenvalue weighted by Gasteiger charge is 2.13. The summed E-state index contributed by atoms with van der Waals surface area (Å²) in [6, 6.07) is 7.15. The third-order valence-corrected chi connectivity index (χ3v) is 3.16. The summed E-state index contributed by atoms with van der Waals surface area (Å²) in [4.78, 5) is 12.5. The molecule has 0 aliphatic carbocycles. The number of benzene rings is 1. The van der Waals surface area contributed by atoms with E-state index in [-0.39, 0.29) is 5.91 Å². The quantitative estimate of drug-likeness (QED) is 0.863. The molecule has 0 bridgehead atoms. The van der Waals surface area contributed by atoms with Crippen molar-refractivity contribution in [3.05, 3.63) is 34.8 Å². The van der Waals surface area contributed by atoms with Gasteiger partial charge in [0.25, 0.3) is 5.91 Å². The Kier molecular flexibility index (Phi) is 4.43. The smallest absolute Gasteiger partial charge is 0.269 e. The zero-order chi connectivity index (χ0) is 13.7. The van der Waals surface area contributed by atoms with Gasteiger partial charge in [0.1, 0.15) is 17.2 Å². The molecule has 0 fully saturated rings. The number of anilines is 1. The first-order valence-corrected chi connectivity index (χ1v) is 6.51. The van der Waals surface area contributed by atoms with Gasteiger partial charge in [-0.2, -0.15) is 0 Å². The minimum atomic E-state index is -0.219. The molecule has 3 N–H and O–H groups in total. The van der Waals surface area contributed by atoms with Crippen LogP contribution in [0.2, 0.25) is 0 Å². The van der Waals surface area contributed by atoms with E-state index in [0.717, 1.165) is 11.5 Å². The maximum absolute atomic E-state index is 12.0. The lowest BCUT2D eigenvalue weighted by Crippen LogP contribution is -2.12. The number of carbonyl (C=O) groups excluding carboxylic acids is 1. The molecule has 0 aliphatic rings. The number of aromatic nitrogens is 2. The van der Waals surface area contributed by atoms with Crippen LogP contribution in [0, 0.1) is 6.92 Å². The van der Waals surface area contributed by atoms with Gasteiger partial charge in [-0.25, -0.2) is 0 Å². The second kappa shape index (κ2) is 6.26. The van der Waals surface area contributed by atoms with Gasteiger partial charge in [0.15, 0.2) is 0 Å². The van der Waals surface area contributed by atoms with Crippen molar-refractivity contribution in [1.29, 1.82) is 0 Å². The number of carbonyl (C=O) groups is 1. The summed E-state index contributed by atoms with van der Waals surface area (Å²) < 4.78 is 9.13. The predicted octanol–water partition coefficient (Wildman–Crippen LogP) is 1.44. The first kappa shape index (κ1) is 13.4. The number of nitrogens with zero attached hydrogens (tertiary/aromatic N) is 2. The largest absolute Gasteiger partial charge is 0.492 e. The van der Waals surface area contributed by atoms with E-state index in [0.29, 0.717) is 35.2 Å². The van der Waals surface area contributed by atoms with E-state index < -0.39 is 0 Å². The van der Waals surface area contributed by atoms with Crippen molar-refractivity contribution in [2.24, 2.45) is 5.73 Å². The second-order valence-corrected chi connectivity index (χ2v) is 4.56. The van der Waals surface area contributed by atoms with E-state index in [1.54, 1.807) is 25.1 Å². The van der Waals surface area contributed by atoms with Crippen LogP contribution >= 0.6 is 11.5 Å². The topological polar surface area (TPSA) is 90.1 Å². The first-order valence-electron chi connectivity index (χ1n) is 5.74. The summed E-state index contributed by atoms with van der Waals surface area (Å²) in [5.41, 5.74) is 6.65. The standard InChI is InChI=1S/C12H14N4O2S/c1-8-11(19-16-15-8)12(17)14-9-3-2-4-10(7-9)18-6-5-13/h2-4,7H,5-6,13H2,1H3,(H,14,17). The average molecular weight is 278 g/mol. The number of nitrogens with one attached hydrogen (secondary N) is 1. The van der Waals surface area contributed by atoms with Gasteiger partial charge in [0.2, 0.25) is 0 Å². The lowest BCUT2D eigenvalue weighted by molar-refractivity contribution is 0.103. The van der Waals surface area contributed by atoms with Crippen molar-refractivity contribution >= 4 is 23.1 Å². The number of aryl methyl sites for hydroxylation is 1. The molecule has 2 rings (SSSR count). The Morgan fingerprint density at radius 3 is 3.05 bits per heavy atom. The monoisotopic (exact) mass is 278 g/mol. The fourth-order valence-electron chi connectivity index (χ4n) is 1.47. The summed E-state index contributed by atoms with van der Waals surface area (Å²) in [5, 5.41) is 6.59. The fraction of sp³-hybridized carbons (Fsp3) is 0.250. The van der Waals surface area contributed by atoms with Crippen molar-refractivity contribution in [3.8, 4) is 5.75 Å². The Morgan fingerprint density at radius 2 is 2.37 bits per heavy atom. The lowest BCUT2D eigenvalue weighted by atomic mass is 10.3. The third kappa shape index (κ3) is 3.49. The van der Waals surface area contributed by atoms with Crippen molar-refractivity contribution in [2.75, 3.05) is 18.5 Å². The summed E-state index contributed by atoms with van der Waals surface area (Å²) in [6.07, 6.45) is 0. The van der Waals surface area contributed by atoms with Crippen LogP contribution in [0.3, 0.4) is 0 Å². The van der Waals surface area contributed by atoms with Gasteiger partial charge in [-0.05, 0) is 30.6 Å². The molecular formula is C12H14N4O2S. The highest BCUT2D eigenvalue weighted by atomic mass is 32.1. The minimum absolute atomic E-state index is 0.219. The summed E-state index contributed by atoms with van der Waals surface area (Å²) >= 11 is 1.07. The molecule has 7 heteroatoms. The van der Waals surface area contributed by atoms with E-state index in [1.165, 1.54) is 0 Å². The van der Waals surface area contributed by atoms with Gasteiger partial charge in [0.05, 0.1) is 5.69 Å². The van der Waals surface area contributed by atoms with Crippen LogP contribution in [0.15, 0.2) is 24.3 Å². The maximum Gasteiger partial charge on any atom is 0.269 e. The summed E-state index contributed by atoms with van der Waals surface area (Å²) in [6.45, 7) is 2.64. The maximum atomic E-state index is 12.0. The molecule has 1 aromatic carbocycles. The van der Waals surface area contributed by atoms with E-state index >= 15 is 0 Å². The fourth-order valence-corrected chi connectivity index (χ4v) is 2.02. The zero-order valence-corrected chi connectivity index (χ0v) is 11.2. The van der Waals surface area contributed by atoms with E-state index in [4.69, 9.17) is 10.5 Å². The molecule has 0 atom stereocenters. The molecule has 0 radical (unpaired) electrons.